The fourth-order valence-electron chi connectivity index (χ4n) is 3.43. The lowest BCUT2D eigenvalue weighted by Gasteiger charge is -2.26. The number of carbonyl (C=O) groups is 2. The van der Waals surface area contributed by atoms with E-state index < -0.39 is 33.9 Å². The maximum absolute atomic E-state index is 13.0. The second-order valence-corrected chi connectivity index (χ2v) is 10.2. The van der Waals surface area contributed by atoms with Crippen molar-refractivity contribution < 1.29 is 22.7 Å². The number of amides is 1. The number of sulfone groups is 1. The summed E-state index contributed by atoms with van der Waals surface area (Å²) in [5.74, 6) is -1.10. The van der Waals surface area contributed by atoms with Gasteiger partial charge in [0.05, 0.1) is 17.1 Å². The predicted molar refractivity (Wildman–Crippen MR) is 121 cm³/mol. The SMILES string of the molecule is C[C@H](OC(=O)/C(=C/c1ccccc1)c1ccc(Cl)cc1)C(=O)N(C)[C@@H]1CCS(=O)(=O)C1. The second-order valence-electron chi connectivity index (χ2n) is 7.53. The molecule has 1 heterocycles. The Labute approximate surface area is 187 Å². The maximum Gasteiger partial charge on any atom is 0.339 e. The first-order chi connectivity index (χ1) is 14.7. The summed E-state index contributed by atoms with van der Waals surface area (Å²) >= 11 is 5.97. The Balaban J connectivity index is 1.79. The highest BCUT2D eigenvalue weighted by molar-refractivity contribution is 7.91. The van der Waals surface area contributed by atoms with Crippen LogP contribution in [-0.2, 0) is 24.2 Å². The van der Waals surface area contributed by atoms with Crippen LogP contribution in [0.4, 0.5) is 0 Å². The largest absolute Gasteiger partial charge is 0.449 e. The predicted octanol–water partition coefficient (Wildman–Crippen LogP) is 3.46. The molecule has 6 nitrogen and oxygen atoms in total. The van der Waals surface area contributed by atoms with Gasteiger partial charge in [0.25, 0.3) is 5.91 Å². The molecule has 0 aromatic heterocycles. The van der Waals surface area contributed by atoms with Crippen molar-refractivity contribution in [1.82, 2.24) is 4.90 Å². The number of halogens is 1. The van der Waals surface area contributed by atoms with Gasteiger partial charge in [0.1, 0.15) is 0 Å². The molecule has 164 valence electrons. The van der Waals surface area contributed by atoms with Crippen LogP contribution in [0.25, 0.3) is 11.6 Å². The highest BCUT2D eigenvalue weighted by atomic mass is 35.5. The van der Waals surface area contributed by atoms with Gasteiger partial charge in [-0.15, -0.1) is 0 Å². The van der Waals surface area contributed by atoms with E-state index >= 15 is 0 Å². The van der Waals surface area contributed by atoms with Gasteiger partial charge in [-0.25, -0.2) is 13.2 Å². The van der Waals surface area contributed by atoms with Crippen LogP contribution < -0.4 is 0 Å². The number of esters is 1. The smallest absolute Gasteiger partial charge is 0.339 e. The summed E-state index contributed by atoms with van der Waals surface area (Å²) in [6.07, 6.45) is 1.01. The molecule has 0 bridgehead atoms. The van der Waals surface area contributed by atoms with E-state index in [9.17, 15) is 18.0 Å². The zero-order valence-corrected chi connectivity index (χ0v) is 18.9. The molecule has 2 aromatic rings. The summed E-state index contributed by atoms with van der Waals surface area (Å²) in [4.78, 5) is 27.1. The summed E-state index contributed by atoms with van der Waals surface area (Å²) in [6, 6.07) is 15.6. The van der Waals surface area contributed by atoms with Gasteiger partial charge in [-0.3, -0.25) is 4.79 Å². The summed E-state index contributed by atoms with van der Waals surface area (Å²) in [5, 5.41) is 0.535. The molecule has 2 atom stereocenters. The van der Waals surface area contributed by atoms with E-state index in [0.717, 1.165) is 5.56 Å². The fourth-order valence-corrected chi connectivity index (χ4v) is 5.33. The Kier molecular flexibility index (Phi) is 7.18. The summed E-state index contributed by atoms with van der Waals surface area (Å²) in [7, 11) is -1.59. The van der Waals surface area contributed by atoms with Gasteiger partial charge in [0.2, 0.25) is 0 Å². The number of rotatable bonds is 6. The zero-order valence-electron chi connectivity index (χ0n) is 17.3. The van der Waals surface area contributed by atoms with Crippen molar-refractivity contribution in [3.8, 4) is 0 Å². The van der Waals surface area contributed by atoms with E-state index in [-0.39, 0.29) is 17.1 Å². The van der Waals surface area contributed by atoms with Gasteiger partial charge in [-0.1, -0.05) is 54.1 Å². The molecule has 3 rings (SSSR count). The quantitative estimate of drug-likeness (QED) is 0.374. The Hall–Kier alpha value is -2.64. The fraction of sp³-hybridized carbons (Fsp3) is 0.304. The molecule has 0 radical (unpaired) electrons. The number of carbonyl (C=O) groups excluding carboxylic acids is 2. The standard InChI is InChI=1S/C23H24ClNO5S/c1-16(22(26)25(2)20-12-13-31(28,29)15-20)30-23(27)21(14-17-6-4-3-5-7-17)18-8-10-19(24)11-9-18/h3-11,14,16,20H,12-13,15H2,1-2H3/b21-14+/t16-,20+/m0/s1. The third-order valence-electron chi connectivity index (χ3n) is 5.22. The van der Waals surface area contributed by atoms with Crippen LogP contribution in [0.1, 0.15) is 24.5 Å². The first kappa shape index (κ1) is 23.0. The Morgan fingerprint density at radius 1 is 1.13 bits per heavy atom. The third kappa shape index (κ3) is 5.95. The molecule has 8 heteroatoms. The van der Waals surface area contributed by atoms with E-state index in [1.165, 1.54) is 18.9 Å². The second kappa shape index (κ2) is 9.66. The third-order valence-corrected chi connectivity index (χ3v) is 7.22. The topological polar surface area (TPSA) is 80.8 Å². The summed E-state index contributed by atoms with van der Waals surface area (Å²) in [5.41, 5.74) is 1.69. The number of nitrogens with zero attached hydrogens (tertiary/aromatic N) is 1. The molecule has 0 unspecified atom stereocenters. The van der Waals surface area contributed by atoms with Crippen molar-refractivity contribution in [2.24, 2.45) is 0 Å². The molecule has 0 aliphatic carbocycles. The molecule has 0 spiro atoms. The molecule has 2 aromatic carbocycles. The van der Waals surface area contributed by atoms with Crippen LogP contribution in [0.2, 0.25) is 5.02 Å². The number of hydrogen-bond donors (Lipinski definition) is 0. The van der Waals surface area contributed by atoms with Crippen LogP contribution in [0, 0.1) is 0 Å². The highest BCUT2D eigenvalue weighted by Gasteiger charge is 2.35. The van der Waals surface area contributed by atoms with Crippen molar-refractivity contribution in [2.75, 3.05) is 18.6 Å². The van der Waals surface area contributed by atoms with E-state index in [1.54, 1.807) is 30.3 Å². The van der Waals surface area contributed by atoms with E-state index in [4.69, 9.17) is 16.3 Å². The molecule has 0 saturated carbocycles. The van der Waals surface area contributed by atoms with Crippen LogP contribution >= 0.6 is 11.6 Å². The van der Waals surface area contributed by atoms with Crippen LogP contribution in [0.5, 0.6) is 0 Å². The molecule has 1 aliphatic heterocycles. The zero-order chi connectivity index (χ0) is 22.6. The lowest BCUT2D eigenvalue weighted by molar-refractivity contribution is -0.154. The van der Waals surface area contributed by atoms with Crippen LogP contribution in [-0.4, -0.2) is 55.9 Å². The first-order valence-electron chi connectivity index (χ1n) is 9.87. The summed E-state index contributed by atoms with van der Waals surface area (Å²) in [6.45, 7) is 1.49. The number of hydrogen-bond acceptors (Lipinski definition) is 5. The maximum atomic E-state index is 13.0. The lowest BCUT2D eigenvalue weighted by atomic mass is 10.0. The average Bonchev–Trinajstić information content (AvgIpc) is 3.12. The Morgan fingerprint density at radius 3 is 2.35 bits per heavy atom. The van der Waals surface area contributed by atoms with E-state index in [1.807, 2.05) is 30.3 Å². The van der Waals surface area contributed by atoms with Gasteiger partial charge < -0.3 is 9.64 Å². The van der Waals surface area contributed by atoms with Gasteiger partial charge in [-0.2, -0.15) is 0 Å². The molecule has 1 saturated heterocycles. The monoisotopic (exact) mass is 461 g/mol. The highest BCUT2D eigenvalue weighted by Crippen LogP contribution is 2.23. The van der Waals surface area contributed by atoms with E-state index in [2.05, 4.69) is 0 Å². The van der Waals surface area contributed by atoms with Gasteiger partial charge in [-0.05, 0) is 42.7 Å². The van der Waals surface area contributed by atoms with Crippen molar-refractivity contribution in [2.45, 2.75) is 25.5 Å². The molecule has 1 amide bonds. The Morgan fingerprint density at radius 2 is 1.77 bits per heavy atom. The minimum absolute atomic E-state index is 0.0595. The first-order valence-corrected chi connectivity index (χ1v) is 12.1. The lowest BCUT2D eigenvalue weighted by Crippen LogP contribution is -2.44. The van der Waals surface area contributed by atoms with Crippen molar-refractivity contribution in [3.63, 3.8) is 0 Å². The molecule has 1 aliphatic rings. The van der Waals surface area contributed by atoms with Gasteiger partial charge >= 0.3 is 5.97 Å². The van der Waals surface area contributed by atoms with Gasteiger partial charge in [0, 0.05) is 18.1 Å². The molecular weight excluding hydrogens is 438 g/mol. The number of likely N-dealkylation sites (N-methyl/N-ethyl adjacent to an activating group) is 1. The van der Waals surface area contributed by atoms with Crippen molar-refractivity contribution in [1.29, 1.82) is 0 Å². The number of ether oxygens (including phenoxy) is 1. The minimum Gasteiger partial charge on any atom is -0.449 e. The number of benzene rings is 2. The van der Waals surface area contributed by atoms with Gasteiger partial charge in [0.15, 0.2) is 15.9 Å². The molecule has 31 heavy (non-hydrogen) atoms. The molecule has 1 fully saturated rings. The van der Waals surface area contributed by atoms with Crippen molar-refractivity contribution >= 4 is 45.0 Å². The normalized spacial score (nSPS) is 18.9. The van der Waals surface area contributed by atoms with Crippen LogP contribution in [0.3, 0.4) is 0 Å². The molecule has 0 N–H and O–H groups in total. The molecular formula is C23H24ClNO5S. The van der Waals surface area contributed by atoms with Crippen LogP contribution in [0.15, 0.2) is 54.6 Å². The van der Waals surface area contributed by atoms with Crippen molar-refractivity contribution in [3.05, 3.63) is 70.7 Å². The summed E-state index contributed by atoms with van der Waals surface area (Å²) < 4.78 is 28.9. The Bertz CT molecular complexity index is 1080. The minimum atomic E-state index is -3.13. The van der Waals surface area contributed by atoms with E-state index in [0.29, 0.717) is 17.0 Å². The average molecular weight is 462 g/mol.